The minimum absolute atomic E-state index is 0.0255. The normalized spacial score (nSPS) is 38.8. The van der Waals surface area contributed by atoms with Gasteiger partial charge >= 0.3 is 0 Å². The van der Waals surface area contributed by atoms with Crippen LogP contribution in [0.25, 0.3) is 14.5 Å². The highest BCUT2D eigenvalue weighted by molar-refractivity contribution is 6.13. The molecule has 1 heterocycles. The molecule has 88 heavy (non-hydrogen) atoms. The lowest BCUT2D eigenvalue weighted by Gasteiger charge is -2.54. The van der Waals surface area contributed by atoms with Crippen molar-refractivity contribution >= 4 is 52.0 Å². The standard InChI is InChI=1S/C19H19NO3.C19H17NO3.C19H19NO2.C18H22O2/c1-16(2)15(22)12(20-5)9-18(4)13-8-11(21)6-7-17(13,3)10-14-19(16,18)23-14;1-17(2)13-9-15(22)18(3)7-6-11(21)8-14(18)19(13,4)10-12(20-5)16(17)23;1-17(2)14-7-9-18(3)8-6-12(21)10-15(18)19(14,4)11-13(20-5)16(17)22;1-16(2)13-6-9-17(3)8-5-12(19)11-14(17)18(13,4)10-7-15(16)20/h6-9,14H,10H2,1-4H3;6-10H,1-4H3;6-8,10-11H,9H2,1-4H3;5-6,8,11H,7,9-10H2,1-4H3/t14-,17+,18+,19+;18-,19-;18-,19+;17-,18+/m0011/s1. The first-order valence-corrected chi connectivity index (χ1v) is 30.2. The molecular weight excluding hydrogens is 1100 g/mol. The van der Waals surface area contributed by atoms with Crippen molar-refractivity contribution in [2.45, 2.75) is 155 Å². The molecule has 0 aromatic carbocycles. The molecule has 0 radical (unpaired) electrons. The third kappa shape index (κ3) is 8.47. The molecule has 0 bridgehead atoms. The summed E-state index contributed by atoms with van der Waals surface area (Å²) in [6.07, 6.45) is 35.4. The van der Waals surface area contributed by atoms with Crippen LogP contribution >= 0.6 is 0 Å². The molecule has 2 saturated carbocycles. The number of epoxide rings is 1. The van der Waals surface area contributed by atoms with Gasteiger partial charge in [-0.15, -0.1) is 0 Å². The van der Waals surface area contributed by atoms with Crippen LogP contribution in [0, 0.1) is 84.7 Å². The SMILES string of the molecule is CC1(C)C(=O)CC[C@@]2(C)C1=CC[C@@]1(C)C=CC(=O)C=C21.[C-]#[N+]C1=C[C@@]2(C)C(=CC(=O)[C@@]3(C)C=CC(=O)C=C23)C(C)(C)C1=O.[C-]#[N+]C1=C[C@@]2(C)C(=CC[C@@]3(C)C=CC(=O)C=C23)C(C)(C)C1=O.[C-]#[N+]C1=C[C@]2(C)C3=CC(=O)C=C[C@]3(C)C[C@@H]3O[C@@]32C(C)(C)C1=O. The summed E-state index contributed by atoms with van der Waals surface area (Å²) in [6, 6.07) is 0. The Morgan fingerprint density at radius 2 is 0.864 bits per heavy atom. The number of ether oxygens (including phenoxy) is 1. The average Bonchev–Trinajstić information content (AvgIpc) is 1.46. The van der Waals surface area contributed by atoms with Crippen LogP contribution in [-0.4, -0.2) is 63.8 Å². The van der Waals surface area contributed by atoms with Crippen LogP contribution in [0.3, 0.4) is 0 Å². The van der Waals surface area contributed by atoms with Crippen LogP contribution < -0.4 is 0 Å². The third-order valence-electron chi connectivity index (χ3n) is 22.9. The fraction of sp³-hybridized carbons (Fsp3) is 0.467. The number of Topliss-reactive ketones (excluding diaryl/α,β-unsaturated/α-hetero) is 4. The van der Waals surface area contributed by atoms with Crippen molar-refractivity contribution in [3.05, 3.63) is 200 Å². The molecule has 1 aliphatic heterocycles. The van der Waals surface area contributed by atoms with E-state index in [9.17, 15) is 43.2 Å². The van der Waals surface area contributed by atoms with E-state index in [1.165, 1.54) is 29.4 Å². The lowest BCUT2D eigenvalue weighted by molar-refractivity contribution is -0.131. The highest BCUT2D eigenvalue weighted by Gasteiger charge is 2.81. The second-order valence-corrected chi connectivity index (χ2v) is 30.0. The minimum Gasteiger partial charge on any atom is -0.364 e. The number of carbonyl (C=O) groups is 9. The second kappa shape index (κ2) is 19.4. The van der Waals surface area contributed by atoms with Gasteiger partial charge in [0.1, 0.15) is 11.4 Å². The predicted molar refractivity (Wildman–Crippen MR) is 333 cm³/mol. The van der Waals surface area contributed by atoms with E-state index in [0.29, 0.717) is 23.4 Å². The molecule has 3 fully saturated rings. The highest BCUT2D eigenvalue weighted by Crippen LogP contribution is 2.74. The van der Waals surface area contributed by atoms with Crippen molar-refractivity contribution in [2.75, 3.05) is 0 Å². The van der Waals surface area contributed by atoms with Crippen molar-refractivity contribution < 1.29 is 47.9 Å². The summed E-state index contributed by atoms with van der Waals surface area (Å²) in [5.41, 5.74) is -0.0210. The van der Waals surface area contributed by atoms with E-state index in [0.717, 1.165) is 42.4 Å². The van der Waals surface area contributed by atoms with Gasteiger partial charge in [-0.1, -0.05) is 136 Å². The fourth-order valence-corrected chi connectivity index (χ4v) is 18.0. The number of carbonyl (C=O) groups excluding carboxylic acids is 9. The van der Waals surface area contributed by atoms with Gasteiger partial charge in [-0.05, 0) is 148 Å². The molecule has 13 aliphatic rings. The Balaban J connectivity index is 0.000000130. The molecule has 0 amide bonds. The lowest BCUT2D eigenvalue weighted by atomic mass is 9.46. The van der Waals surface area contributed by atoms with Gasteiger partial charge in [-0.2, -0.15) is 0 Å². The quantitative estimate of drug-likeness (QED) is 0.129. The van der Waals surface area contributed by atoms with Crippen molar-refractivity contribution in [1.82, 2.24) is 0 Å². The van der Waals surface area contributed by atoms with Gasteiger partial charge in [0, 0.05) is 60.6 Å². The van der Waals surface area contributed by atoms with E-state index in [1.807, 2.05) is 86.6 Å². The van der Waals surface area contributed by atoms with Crippen molar-refractivity contribution in [3.8, 4) is 0 Å². The molecule has 452 valence electrons. The maximum absolute atomic E-state index is 12.7. The zero-order valence-electron chi connectivity index (χ0n) is 53.4. The summed E-state index contributed by atoms with van der Waals surface area (Å²) in [5, 5.41) is 0. The Hall–Kier alpha value is -8.18. The molecule has 0 unspecified atom stereocenters. The maximum atomic E-state index is 12.7. The largest absolute Gasteiger partial charge is 0.364 e. The molecule has 13 rings (SSSR count). The zero-order chi connectivity index (χ0) is 65.1. The summed E-state index contributed by atoms with van der Waals surface area (Å²) in [5.74, 6) is -0.560. The van der Waals surface area contributed by atoms with Gasteiger partial charge in [0.05, 0.1) is 36.7 Å². The number of fused-ring (bicyclic) bond motifs is 11. The first kappa shape index (κ1) is 62.9. The summed E-state index contributed by atoms with van der Waals surface area (Å²) in [4.78, 5) is 121. The molecule has 0 aromatic heterocycles. The van der Waals surface area contributed by atoms with E-state index >= 15 is 0 Å². The number of hydrogen-bond donors (Lipinski definition) is 0. The fourth-order valence-electron chi connectivity index (χ4n) is 18.0. The second-order valence-electron chi connectivity index (χ2n) is 30.0. The van der Waals surface area contributed by atoms with Crippen LogP contribution in [0.15, 0.2) is 165 Å². The summed E-state index contributed by atoms with van der Waals surface area (Å²) >= 11 is 0. The Bertz CT molecular complexity index is 4060. The first-order valence-electron chi connectivity index (χ1n) is 30.2. The van der Waals surface area contributed by atoms with Gasteiger partial charge in [0.2, 0.25) is 17.1 Å². The maximum Gasteiger partial charge on any atom is 0.227 e. The van der Waals surface area contributed by atoms with Crippen LogP contribution in [-0.2, 0) is 47.9 Å². The number of allylic oxidation sites excluding steroid dienone is 26. The minimum atomic E-state index is -0.953. The van der Waals surface area contributed by atoms with Gasteiger partial charge in [0.15, 0.2) is 46.3 Å². The Kier molecular flexibility index (Phi) is 13.9. The zero-order valence-corrected chi connectivity index (χ0v) is 53.4. The van der Waals surface area contributed by atoms with Crippen molar-refractivity contribution in [3.63, 3.8) is 0 Å². The summed E-state index contributed by atoms with van der Waals surface area (Å²) < 4.78 is 6.19. The van der Waals surface area contributed by atoms with Gasteiger partial charge in [-0.25, -0.2) is 14.5 Å². The number of hydrogen-bond acceptors (Lipinski definition) is 10. The Morgan fingerprint density at radius 1 is 0.432 bits per heavy atom. The van der Waals surface area contributed by atoms with E-state index in [1.54, 1.807) is 75.5 Å². The van der Waals surface area contributed by atoms with Crippen molar-refractivity contribution in [2.24, 2.45) is 65.0 Å². The molecule has 13 nitrogen and oxygen atoms in total. The van der Waals surface area contributed by atoms with Crippen LogP contribution in [0.2, 0.25) is 0 Å². The molecule has 1 spiro atoms. The number of rotatable bonds is 0. The third-order valence-corrected chi connectivity index (χ3v) is 22.9. The van der Waals surface area contributed by atoms with E-state index in [4.69, 9.17) is 24.5 Å². The van der Waals surface area contributed by atoms with Gasteiger partial charge < -0.3 is 19.1 Å². The smallest absolute Gasteiger partial charge is 0.227 e. The van der Waals surface area contributed by atoms with Crippen LogP contribution in [0.1, 0.15) is 143 Å². The van der Waals surface area contributed by atoms with Gasteiger partial charge in [-0.3, -0.25) is 28.8 Å². The van der Waals surface area contributed by atoms with E-state index < -0.39 is 48.9 Å². The molecule has 10 atom stereocenters. The van der Waals surface area contributed by atoms with Crippen LogP contribution in [0.5, 0.6) is 0 Å². The average molecular weight is 1180 g/mol. The summed E-state index contributed by atoms with van der Waals surface area (Å²) in [7, 11) is 0. The van der Waals surface area contributed by atoms with Gasteiger partial charge in [0.25, 0.3) is 0 Å². The van der Waals surface area contributed by atoms with Crippen LogP contribution in [0.4, 0.5) is 0 Å². The molecule has 12 aliphatic carbocycles. The molecular formula is C75H77N3O10. The topological polar surface area (TPSA) is 179 Å². The first-order chi connectivity index (χ1) is 40.5. The number of ketones is 9. The molecule has 1 saturated heterocycles. The predicted octanol–water partition coefficient (Wildman–Crippen LogP) is 13.6. The van der Waals surface area contributed by atoms with E-state index in [-0.39, 0.29) is 91.1 Å². The Morgan fingerprint density at radius 3 is 1.40 bits per heavy atom. The lowest BCUT2D eigenvalue weighted by Crippen LogP contribution is -2.60. The highest BCUT2D eigenvalue weighted by atomic mass is 16.6. The Labute approximate surface area is 516 Å². The molecule has 0 aromatic rings. The molecule has 0 N–H and O–H groups in total. The molecule has 13 heteroatoms. The number of nitrogens with zero attached hydrogens (tertiary/aromatic N) is 3. The van der Waals surface area contributed by atoms with Crippen molar-refractivity contribution in [1.29, 1.82) is 0 Å². The monoisotopic (exact) mass is 1180 g/mol. The van der Waals surface area contributed by atoms with E-state index in [2.05, 4.69) is 54.4 Å². The summed E-state index contributed by atoms with van der Waals surface area (Å²) in [6.45, 7) is 53.4.